The molecule has 0 saturated heterocycles. The first kappa shape index (κ1) is 16.2. The second-order valence-electron chi connectivity index (χ2n) is 4.49. The molecule has 0 radical (unpaired) electrons. The Kier molecular flexibility index (Phi) is 5.47. The molecular formula is C16H13F2N3O2. The van der Waals surface area contributed by atoms with Crippen molar-refractivity contribution in [3.8, 4) is 11.8 Å². The second kappa shape index (κ2) is 7.75. The summed E-state index contributed by atoms with van der Waals surface area (Å²) in [5.74, 6) is -0.227. The number of carbonyl (C=O) groups is 1. The van der Waals surface area contributed by atoms with Crippen LogP contribution in [0.4, 0.5) is 20.2 Å². The predicted molar refractivity (Wildman–Crippen MR) is 81.4 cm³/mol. The Labute approximate surface area is 131 Å². The quantitative estimate of drug-likeness (QED) is 0.858. The van der Waals surface area contributed by atoms with Crippen LogP contribution in [-0.4, -0.2) is 19.1 Å². The molecule has 1 amide bonds. The highest BCUT2D eigenvalue weighted by molar-refractivity contribution is 5.93. The van der Waals surface area contributed by atoms with Crippen LogP contribution in [0.15, 0.2) is 48.5 Å². The predicted octanol–water partition coefficient (Wildman–Crippen LogP) is 3.21. The van der Waals surface area contributed by atoms with Gasteiger partial charge in [-0.2, -0.15) is 14.0 Å². The summed E-state index contributed by atoms with van der Waals surface area (Å²) in [7, 11) is 0. The maximum atomic E-state index is 12.0. The van der Waals surface area contributed by atoms with Gasteiger partial charge in [-0.3, -0.25) is 4.79 Å². The van der Waals surface area contributed by atoms with Crippen molar-refractivity contribution < 1.29 is 18.3 Å². The van der Waals surface area contributed by atoms with Crippen LogP contribution in [0.1, 0.15) is 5.56 Å². The summed E-state index contributed by atoms with van der Waals surface area (Å²) in [6.07, 6.45) is 0. The molecule has 2 aromatic carbocycles. The third-order valence-electron chi connectivity index (χ3n) is 2.83. The first-order chi connectivity index (χ1) is 11.1. The highest BCUT2D eigenvalue weighted by Crippen LogP contribution is 2.17. The number of hydrogen-bond donors (Lipinski definition) is 2. The SMILES string of the molecule is N#Cc1ccc(NC(=O)CNc2ccc(OC(F)F)cc2)cc1. The topological polar surface area (TPSA) is 74.2 Å². The maximum Gasteiger partial charge on any atom is 0.387 e. The summed E-state index contributed by atoms with van der Waals surface area (Å²) in [5.41, 5.74) is 1.69. The molecular weight excluding hydrogens is 304 g/mol. The lowest BCUT2D eigenvalue weighted by Gasteiger charge is -2.09. The van der Waals surface area contributed by atoms with E-state index in [1.54, 1.807) is 24.3 Å². The van der Waals surface area contributed by atoms with E-state index >= 15 is 0 Å². The van der Waals surface area contributed by atoms with Crippen LogP contribution in [0.25, 0.3) is 0 Å². The van der Waals surface area contributed by atoms with E-state index in [1.165, 1.54) is 24.3 Å². The number of rotatable bonds is 6. The largest absolute Gasteiger partial charge is 0.435 e. The lowest BCUT2D eigenvalue weighted by Crippen LogP contribution is -2.21. The first-order valence-corrected chi connectivity index (χ1v) is 6.65. The van der Waals surface area contributed by atoms with Crippen molar-refractivity contribution in [3.63, 3.8) is 0 Å². The Balaban J connectivity index is 1.82. The van der Waals surface area contributed by atoms with Gasteiger partial charge in [-0.1, -0.05) is 0 Å². The summed E-state index contributed by atoms with van der Waals surface area (Å²) in [6.45, 7) is -2.86. The van der Waals surface area contributed by atoms with Crippen molar-refractivity contribution >= 4 is 17.3 Å². The Bertz CT molecular complexity index is 695. The highest BCUT2D eigenvalue weighted by Gasteiger charge is 2.05. The fourth-order valence-electron chi connectivity index (χ4n) is 1.77. The standard InChI is InChI=1S/C16H13F2N3O2/c17-16(18)23-14-7-5-12(6-8-14)20-10-15(22)21-13-3-1-11(9-19)2-4-13/h1-8,16,20H,10H2,(H,21,22). The average molecular weight is 317 g/mol. The van der Waals surface area contributed by atoms with E-state index in [2.05, 4.69) is 15.4 Å². The number of hydrogen-bond acceptors (Lipinski definition) is 4. The number of anilines is 2. The number of alkyl halides is 2. The number of nitriles is 1. The lowest BCUT2D eigenvalue weighted by atomic mass is 10.2. The van der Waals surface area contributed by atoms with Crippen molar-refractivity contribution in [1.29, 1.82) is 5.26 Å². The van der Waals surface area contributed by atoms with Crippen LogP contribution in [0, 0.1) is 11.3 Å². The summed E-state index contributed by atoms with van der Waals surface area (Å²) >= 11 is 0. The van der Waals surface area contributed by atoms with E-state index in [0.29, 0.717) is 16.9 Å². The van der Waals surface area contributed by atoms with E-state index in [0.717, 1.165) is 0 Å². The van der Waals surface area contributed by atoms with Crippen molar-refractivity contribution in [2.24, 2.45) is 0 Å². The molecule has 0 spiro atoms. The number of benzene rings is 2. The van der Waals surface area contributed by atoms with Gasteiger partial charge in [0.1, 0.15) is 5.75 Å². The molecule has 0 aliphatic heterocycles. The molecule has 5 nitrogen and oxygen atoms in total. The van der Waals surface area contributed by atoms with Crippen LogP contribution < -0.4 is 15.4 Å². The van der Waals surface area contributed by atoms with Crippen molar-refractivity contribution in [3.05, 3.63) is 54.1 Å². The van der Waals surface area contributed by atoms with Crippen LogP contribution >= 0.6 is 0 Å². The number of nitrogens with zero attached hydrogens (tertiary/aromatic N) is 1. The number of carbonyl (C=O) groups excluding carboxylic acids is 1. The average Bonchev–Trinajstić information content (AvgIpc) is 2.54. The van der Waals surface area contributed by atoms with Gasteiger partial charge < -0.3 is 15.4 Å². The number of ether oxygens (including phenoxy) is 1. The fourth-order valence-corrected chi connectivity index (χ4v) is 1.77. The van der Waals surface area contributed by atoms with E-state index in [-0.39, 0.29) is 18.2 Å². The Morgan fingerprint density at radius 1 is 1.09 bits per heavy atom. The van der Waals surface area contributed by atoms with Crippen LogP contribution in [-0.2, 0) is 4.79 Å². The zero-order valence-electron chi connectivity index (χ0n) is 11.9. The van der Waals surface area contributed by atoms with Gasteiger partial charge in [0.15, 0.2) is 0 Å². The number of amides is 1. The summed E-state index contributed by atoms with van der Waals surface area (Å²) in [6, 6.07) is 14.3. The molecule has 2 aromatic rings. The van der Waals surface area contributed by atoms with Gasteiger partial charge in [-0.25, -0.2) is 0 Å². The molecule has 2 N–H and O–H groups in total. The second-order valence-corrected chi connectivity index (χ2v) is 4.49. The Hall–Kier alpha value is -3.14. The van der Waals surface area contributed by atoms with E-state index in [4.69, 9.17) is 5.26 Å². The molecule has 118 valence electrons. The number of halogens is 2. The molecule has 23 heavy (non-hydrogen) atoms. The van der Waals surface area contributed by atoms with Gasteiger partial charge in [0.25, 0.3) is 0 Å². The third-order valence-corrected chi connectivity index (χ3v) is 2.83. The maximum absolute atomic E-state index is 12.0. The Morgan fingerprint density at radius 3 is 2.26 bits per heavy atom. The van der Waals surface area contributed by atoms with E-state index < -0.39 is 6.61 Å². The minimum atomic E-state index is -2.87. The molecule has 0 aliphatic carbocycles. The zero-order chi connectivity index (χ0) is 16.7. The zero-order valence-corrected chi connectivity index (χ0v) is 11.9. The minimum absolute atomic E-state index is 0.00898. The Morgan fingerprint density at radius 2 is 1.70 bits per heavy atom. The smallest absolute Gasteiger partial charge is 0.387 e. The number of nitrogens with one attached hydrogen (secondary N) is 2. The summed E-state index contributed by atoms with van der Waals surface area (Å²) in [5, 5.41) is 14.2. The monoisotopic (exact) mass is 317 g/mol. The van der Waals surface area contributed by atoms with Gasteiger partial charge in [-0.15, -0.1) is 0 Å². The van der Waals surface area contributed by atoms with Crippen molar-refractivity contribution in [2.75, 3.05) is 17.2 Å². The molecule has 0 bridgehead atoms. The normalized spacial score (nSPS) is 10.0. The van der Waals surface area contributed by atoms with Crippen molar-refractivity contribution in [2.45, 2.75) is 6.61 Å². The van der Waals surface area contributed by atoms with Gasteiger partial charge in [0, 0.05) is 11.4 Å². The molecule has 0 saturated carbocycles. The van der Waals surface area contributed by atoms with Crippen LogP contribution in [0.3, 0.4) is 0 Å². The molecule has 0 heterocycles. The summed E-state index contributed by atoms with van der Waals surface area (Å²) < 4.78 is 28.3. The molecule has 0 unspecified atom stereocenters. The van der Waals surface area contributed by atoms with Gasteiger partial charge in [0.05, 0.1) is 18.2 Å². The van der Waals surface area contributed by atoms with Crippen molar-refractivity contribution in [1.82, 2.24) is 0 Å². The molecule has 0 aromatic heterocycles. The molecule has 0 fully saturated rings. The molecule has 7 heteroatoms. The minimum Gasteiger partial charge on any atom is -0.435 e. The fraction of sp³-hybridized carbons (Fsp3) is 0.125. The molecule has 0 aliphatic rings. The first-order valence-electron chi connectivity index (χ1n) is 6.65. The van der Waals surface area contributed by atoms with Gasteiger partial charge >= 0.3 is 6.61 Å². The van der Waals surface area contributed by atoms with E-state index in [9.17, 15) is 13.6 Å². The molecule has 0 atom stereocenters. The molecule has 2 rings (SSSR count). The lowest BCUT2D eigenvalue weighted by molar-refractivity contribution is -0.114. The van der Waals surface area contributed by atoms with Gasteiger partial charge in [-0.05, 0) is 48.5 Å². The van der Waals surface area contributed by atoms with E-state index in [1.807, 2.05) is 6.07 Å². The van der Waals surface area contributed by atoms with Crippen LogP contribution in [0.5, 0.6) is 5.75 Å². The third kappa shape index (κ3) is 5.28. The summed E-state index contributed by atoms with van der Waals surface area (Å²) in [4.78, 5) is 11.8. The van der Waals surface area contributed by atoms with Crippen LogP contribution in [0.2, 0.25) is 0 Å². The highest BCUT2D eigenvalue weighted by atomic mass is 19.3. The van der Waals surface area contributed by atoms with Gasteiger partial charge in [0.2, 0.25) is 5.91 Å².